The van der Waals surface area contributed by atoms with Crippen LogP contribution in [0.5, 0.6) is 0 Å². The van der Waals surface area contributed by atoms with E-state index in [1.54, 1.807) is 24.3 Å². The first-order chi connectivity index (χ1) is 10.1. The third kappa shape index (κ3) is 3.21. The van der Waals surface area contributed by atoms with Gasteiger partial charge < -0.3 is 20.6 Å². The van der Waals surface area contributed by atoms with E-state index in [0.717, 1.165) is 0 Å². The molecule has 0 atom stereocenters. The van der Waals surface area contributed by atoms with Gasteiger partial charge in [0.15, 0.2) is 0 Å². The van der Waals surface area contributed by atoms with E-state index < -0.39 is 31.3 Å². The minimum atomic E-state index is -1.45. The number of tetrazole rings is 1. The molecule has 0 aliphatic heterocycles. The van der Waals surface area contributed by atoms with E-state index in [1.807, 2.05) is 0 Å². The fourth-order valence-electron chi connectivity index (χ4n) is 1.63. The molecule has 4 N–H and O–H groups in total. The number of carbonyl (C=O) groups excluding carboxylic acids is 1. The molecule has 0 bridgehead atoms. The Morgan fingerprint density at radius 1 is 1.14 bits per heavy atom. The lowest BCUT2D eigenvalue weighted by molar-refractivity contribution is 0.0375. The average molecular weight is 293 g/mol. The molecule has 0 radical (unpaired) electrons. The normalized spacial score (nSPS) is 11.4. The molecule has 1 aromatic carbocycles. The second-order valence-corrected chi connectivity index (χ2v) is 4.51. The third-order valence-electron chi connectivity index (χ3n) is 3.03. The molecule has 1 aromatic heterocycles. The van der Waals surface area contributed by atoms with E-state index in [0.29, 0.717) is 11.3 Å². The van der Waals surface area contributed by atoms with Crippen molar-refractivity contribution < 1.29 is 20.1 Å². The van der Waals surface area contributed by atoms with Gasteiger partial charge in [0.2, 0.25) is 0 Å². The molecule has 0 fully saturated rings. The maximum Gasteiger partial charge on any atom is 0.251 e. The number of aliphatic hydroxyl groups excluding tert-OH is 3. The quantitative estimate of drug-likeness (QED) is 0.489. The molecule has 2 aromatic rings. The first kappa shape index (κ1) is 15.0. The van der Waals surface area contributed by atoms with Crippen LogP contribution >= 0.6 is 0 Å². The van der Waals surface area contributed by atoms with Gasteiger partial charge in [0.1, 0.15) is 11.9 Å². The van der Waals surface area contributed by atoms with E-state index in [9.17, 15) is 20.1 Å². The van der Waals surface area contributed by atoms with Crippen LogP contribution < -0.4 is 5.32 Å². The summed E-state index contributed by atoms with van der Waals surface area (Å²) in [4.78, 5) is 12.0. The van der Waals surface area contributed by atoms with Gasteiger partial charge in [-0.3, -0.25) is 4.79 Å². The predicted octanol–water partition coefficient (Wildman–Crippen LogP) is -1.89. The third-order valence-corrected chi connectivity index (χ3v) is 3.03. The number of aliphatic hydroxyl groups is 3. The predicted molar refractivity (Wildman–Crippen MR) is 70.6 cm³/mol. The zero-order valence-electron chi connectivity index (χ0n) is 11.0. The summed E-state index contributed by atoms with van der Waals surface area (Å²) < 4.78 is 1.43. The Balaban J connectivity index is 2.13. The SMILES string of the molecule is O=C(NC(CO)(CO)CO)c1ccc(-n2cnnn2)cc1. The molecular weight excluding hydrogens is 278 g/mol. The highest BCUT2D eigenvalue weighted by atomic mass is 16.3. The fourth-order valence-corrected chi connectivity index (χ4v) is 1.63. The molecule has 0 unspecified atom stereocenters. The number of hydrogen-bond donors (Lipinski definition) is 4. The first-order valence-electron chi connectivity index (χ1n) is 6.12. The van der Waals surface area contributed by atoms with Gasteiger partial charge in [-0.1, -0.05) is 0 Å². The lowest BCUT2D eigenvalue weighted by atomic mass is 10.0. The molecule has 9 heteroatoms. The summed E-state index contributed by atoms with van der Waals surface area (Å²) in [5.74, 6) is -0.518. The van der Waals surface area contributed by atoms with Gasteiger partial charge in [0.25, 0.3) is 5.91 Å². The van der Waals surface area contributed by atoms with Crippen LogP contribution in [0.3, 0.4) is 0 Å². The molecule has 112 valence electrons. The van der Waals surface area contributed by atoms with Crippen molar-refractivity contribution in [3.63, 3.8) is 0 Å². The minimum Gasteiger partial charge on any atom is -0.394 e. The van der Waals surface area contributed by atoms with E-state index in [1.165, 1.54) is 11.0 Å². The molecule has 0 saturated carbocycles. The van der Waals surface area contributed by atoms with Crippen molar-refractivity contribution in [2.24, 2.45) is 0 Å². The van der Waals surface area contributed by atoms with Crippen LogP contribution in [-0.4, -0.2) is 66.8 Å². The maximum absolute atomic E-state index is 12.0. The summed E-state index contributed by atoms with van der Waals surface area (Å²) in [6.07, 6.45) is 1.42. The largest absolute Gasteiger partial charge is 0.394 e. The number of carbonyl (C=O) groups is 1. The highest BCUT2D eigenvalue weighted by molar-refractivity contribution is 5.94. The molecule has 9 nitrogen and oxygen atoms in total. The van der Waals surface area contributed by atoms with Crippen molar-refractivity contribution in [2.45, 2.75) is 5.54 Å². The van der Waals surface area contributed by atoms with Gasteiger partial charge in [0.05, 0.1) is 25.5 Å². The number of benzene rings is 1. The molecule has 0 spiro atoms. The standard InChI is InChI=1S/C12H15N5O4/c18-5-12(6-19,7-20)14-11(21)9-1-3-10(4-2-9)17-8-13-15-16-17/h1-4,8,18-20H,5-7H2,(H,14,21). The molecule has 1 amide bonds. The summed E-state index contributed by atoms with van der Waals surface area (Å²) >= 11 is 0. The smallest absolute Gasteiger partial charge is 0.251 e. The number of nitrogens with one attached hydrogen (secondary N) is 1. The maximum atomic E-state index is 12.0. The fraction of sp³-hybridized carbons (Fsp3) is 0.333. The Labute approximate surface area is 119 Å². The second kappa shape index (κ2) is 6.39. The Bertz CT molecular complexity index is 572. The Morgan fingerprint density at radius 2 is 1.76 bits per heavy atom. The molecule has 1 heterocycles. The highest BCUT2D eigenvalue weighted by Crippen LogP contribution is 2.10. The van der Waals surface area contributed by atoms with Crippen LogP contribution in [0.4, 0.5) is 0 Å². The van der Waals surface area contributed by atoms with Crippen molar-refractivity contribution >= 4 is 5.91 Å². The van der Waals surface area contributed by atoms with Crippen LogP contribution in [0.15, 0.2) is 30.6 Å². The highest BCUT2D eigenvalue weighted by Gasteiger charge is 2.30. The van der Waals surface area contributed by atoms with Crippen molar-refractivity contribution in [3.05, 3.63) is 36.2 Å². The molecule has 0 aliphatic rings. The van der Waals surface area contributed by atoms with Gasteiger partial charge in [-0.05, 0) is 34.7 Å². The summed E-state index contributed by atoms with van der Waals surface area (Å²) in [7, 11) is 0. The Morgan fingerprint density at radius 3 is 2.24 bits per heavy atom. The number of hydrogen-bond acceptors (Lipinski definition) is 7. The summed E-state index contributed by atoms with van der Waals surface area (Å²) in [5.41, 5.74) is -0.466. The Hall–Kier alpha value is -2.36. The van der Waals surface area contributed by atoms with Gasteiger partial charge in [0, 0.05) is 5.56 Å². The number of rotatable bonds is 6. The van der Waals surface area contributed by atoms with Crippen molar-refractivity contribution in [1.29, 1.82) is 0 Å². The Kier molecular flexibility index (Phi) is 4.58. The summed E-state index contributed by atoms with van der Waals surface area (Å²) in [6, 6.07) is 6.38. The lowest BCUT2D eigenvalue weighted by Gasteiger charge is -2.28. The van der Waals surface area contributed by atoms with Crippen molar-refractivity contribution in [2.75, 3.05) is 19.8 Å². The van der Waals surface area contributed by atoms with Crippen molar-refractivity contribution in [3.8, 4) is 5.69 Å². The topological polar surface area (TPSA) is 133 Å². The lowest BCUT2D eigenvalue weighted by Crippen LogP contribution is -2.57. The molecular formula is C12H15N5O4. The number of aromatic nitrogens is 4. The van der Waals surface area contributed by atoms with Gasteiger partial charge >= 0.3 is 0 Å². The van der Waals surface area contributed by atoms with Crippen LogP contribution in [0.25, 0.3) is 5.69 Å². The summed E-state index contributed by atoms with van der Waals surface area (Å²) in [5, 5.41) is 40.7. The van der Waals surface area contributed by atoms with Crippen LogP contribution in [-0.2, 0) is 0 Å². The summed E-state index contributed by atoms with van der Waals surface area (Å²) in [6.45, 7) is -1.72. The molecule has 0 saturated heterocycles. The van der Waals surface area contributed by atoms with E-state index in [4.69, 9.17) is 0 Å². The van der Waals surface area contributed by atoms with Crippen LogP contribution in [0, 0.1) is 0 Å². The van der Waals surface area contributed by atoms with E-state index >= 15 is 0 Å². The minimum absolute atomic E-state index is 0.312. The molecule has 21 heavy (non-hydrogen) atoms. The monoisotopic (exact) mass is 293 g/mol. The van der Waals surface area contributed by atoms with Gasteiger partial charge in [-0.2, -0.15) is 0 Å². The van der Waals surface area contributed by atoms with E-state index in [-0.39, 0.29) is 0 Å². The van der Waals surface area contributed by atoms with Crippen molar-refractivity contribution in [1.82, 2.24) is 25.5 Å². The van der Waals surface area contributed by atoms with Gasteiger partial charge in [-0.15, -0.1) is 5.10 Å². The van der Waals surface area contributed by atoms with Crippen LogP contribution in [0.1, 0.15) is 10.4 Å². The van der Waals surface area contributed by atoms with E-state index in [2.05, 4.69) is 20.8 Å². The second-order valence-electron chi connectivity index (χ2n) is 4.51. The zero-order chi connectivity index (χ0) is 15.3. The zero-order valence-corrected chi connectivity index (χ0v) is 11.0. The first-order valence-corrected chi connectivity index (χ1v) is 6.12. The number of amides is 1. The average Bonchev–Trinajstić information content (AvgIpc) is 3.07. The molecule has 0 aliphatic carbocycles. The van der Waals surface area contributed by atoms with Crippen LogP contribution in [0.2, 0.25) is 0 Å². The number of nitrogens with zero attached hydrogens (tertiary/aromatic N) is 4. The van der Waals surface area contributed by atoms with Gasteiger partial charge in [-0.25, -0.2) is 4.68 Å². The molecule has 2 rings (SSSR count).